The predicted molar refractivity (Wildman–Crippen MR) is 81.9 cm³/mol. The minimum atomic E-state index is -0.347. The van der Waals surface area contributed by atoms with Gasteiger partial charge >= 0.3 is 5.97 Å². The molecule has 0 aliphatic carbocycles. The average molecular weight is 264 g/mol. The number of ether oxygens (including phenoxy) is 1. The maximum Gasteiger partial charge on any atom is 0.339 e. The van der Waals surface area contributed by atoms with Crippen molar-refractivity contribution in [3.8, 4) is 0 Å². The lowest BCUT2D eigenvalue weighted by molar-refractivity contribution is -0.135. The molecule has 0 unspecified atom stereocenters. The lowest BCUT2D eigenvalue weighted by Crippen LogP contribution is -2.07. The van der Waals surface area contributed by atoms with Gasteiger partial charge in [0, 0.05) is 0 Å². The van der Waals surface area contributed by atoms with Crippen molar-refractivity contribution in [2.24, 2.45) is 0 Å². The first-order valence-electron chi connectivity index (χ1n) is 6.41. The zero-order valence-electron chi connectivity index (χ0n) is 11.2. The van der Waals surface area contributed by atoms with Gasteiger partial charge in [-0.1, -0.05) is 73.3 Å². The van der Waals surface area contributed by atoms with Crippen molar-refractivity contribution in [2.45, 2.75) is 0 Å². The highest BCUT2D eigenvalue weighted by Crippen LogP contribution is 2.19. The molecule has 0 aromatic heterocycles. The average Bonchev–Trinajstić information content (AvgIpc) is 2.52. The largest absolute Gasteiger partial charge is 0.458 e. The van der Waals surface area contributed by atoms with Crippen molar-refractivity contribution in [2.75, 3.05) is 6.61 Å². The second-order valence-corrected chi connectivity index (χ2v) is 4.22. The monoisotopic (exact) mass is 264 g/mol. The summed E-state index contributed by atoms with van der Waals surface area (Å²) in [5, 5.41) is 0. The fraction of sp³-hybridized carbons (Fsp3) is 0.0556. The smallest absolute Gasteiger partial charge is 0.339 e. The topological polar surface area (TPSA) is 26.3 Å². The summed E-state index contributed by atoms with van der Waals surface area (Å²) in [6.07, 6.45) is 3.39. The van der Waals surface area contributed by atoms with Crippen molar-refractivity contribution < 1.29 is 9.53 Å². The Morgan fingerprint density at radius 1 is 1.00 bits per heavy atom. The fourth-order valence-electron chi connectivity index (χ4n) is 1.81. The van der Waals surface area contributed by atoms with Crippen LogP contribution in [0.4, 0.5) is 0 Å². The first kappa shape index (κ1) is 13.8. The Bertz CT molecular complexity index is 598. The highest BCUT2D eigenvalue weighted by atomic mass is 16.5. The molecule has 0 N–H and O–H groups in total. The highest BCUT2D eigenvalue weighted by molar-refractivity contribution is 6.21. The number of hydrogen-bond acceptors (Lipinski definition) is 2. The predicted octanol–water partition coefficient (Wildman–Crippen LogP) is 3.96. The molecular formula is C18H16O2. The molecule has 0 aliphatic heterocycles. The van der Waals surface area contributed by atoms with Crippen molar-refractivity contribution in [1.29, 1.82) is 0 Å². The molecule has 0 atom stereocenters. The van der Waals surface area contributed by atoms with Gasteiger partial charge < -0.3 is 4.74 Å². The molecule has 0 bridgehead atoms. The molecular weight excluding hydrogens is 248 g/mol. The van der Waals surface area contributed by atoms with E-state index in [1.165, 1.54) is 0 Å². The van der Waals surface area contributed by atoms with Gasteiger partial charge in [0.25, 0.3) is 0 Å². The molecule has 0 amide bonds. The van der Waals surface area contributed by atoms with Crippen LogP contribution in [0.15, 0.2) is 73.3 Å². The van der Waals surface area contributed by atoms with Crippen molar-refractivity contribution in [3.63, 3.8) is 0 Å². The van der Waals surface area contributed by atoms with E-state index in [2.05, 4.69) is 6.58 Å². The zero-order chi connectivity index (χ0) is 14.2. The van der Waals surface area contributed by atoms with Crippen LogP contribution in [0, 0.1) is 0 Å². The summed E-state index contributed by atoms with van der Waals surface area (Å²) in [5.41, 5.74) is 2.34. The van der Waals surface area contributed by atoms with E-state index in [4.69, 9.17) is 4.74 Å². The van der Waals surface area contributed by atoms with Crippen LogP contribution in [0.25, 0.3) is 11.6 Å². The first-order chi connectivity index (χ1) is 9.81. The van der Waals surface area contributed by atoms with Crippen LogP contribution in [-0.2, 0) is 9.53 Å². The number of carbonyl (C=O) groups excluding carboxylic acids is 1. The third-order valence-corrected chi connectivity index (χ3v) is 2.75. The summed E-state index contributed by atoms with van der Waals surface area (Å²) in [7, 11) is 0. The third kappa shape index (κ3) is 3.69. The molecule has 0 saturated carbocycles. The molecule has 20 heavy (non-hydrogen) atoms. The lowest BCUT2D eigenvalue weighted by atomic mass is 10.0. The van der Waals surface area contributed by atoms with Crippen LogP contribution in [0.1, 0.15) is 11.1 Å². The molecule has 2 aromatic carbocycles. The summed E-state index contributed by atoms with van der Waals surface area (Å²) in [4.78, 5) is 12.2. The van der Waals surface area contributed by atoms with Crippen LogP contribution >= 0.6 is 0 Å². The van der Waals surface area contributed by atoms with Gasteiger partial charge in [0.1, 0.15) is 6.61 Å². The summed E-state index contributed by atoms with van der Waals surface area (Å²) >= 11 is 0. The van der Waals surface area contributed by atoms with E-state index >= 15 is 0 Å². The summed E-state index contributed by atoms with van der Waals surface area (Å²) in [6.45, 7) is 3.76. The Kier molecular flexibility index (Phi) is 4.90. The van der Waals surface area contributed by atoms with Gasteiger partial charge in [-0.2, -0.15) is 0 Å². The van der Waals surface area contributed by atoms with Crippen LogP contribution in [0.3, 0.4) is 0 Å². The molecule has 2 heteroatoms. The standard InChI is InChI=1S/C18H16O2/c1-2-13-20-18(19)17(16-11-7-4-8-12-16)14-15-9-5-3-6-10-15/h2-12,14H,1,13H2/b17-14-. The lowest BCUT2D eigenvalue weighted by Gasteiger charge is -2.07. The van der Waals surface area contributed by atoms with E-state index in [0.29, 0.717) is 5.57 Å². The van der Waals surface area contributed by atoms with Gasteiger partial charge in [-0.3, -0.25) is 0 Å². The third-order valence-electron chi connectivity index (χ3n) is 2.75. The minimum absolute atomic E-state index is 0.206. The van der Waals surface area contributed by atoms with Crippen molar-refractivity contribution in [1.82, 2.24) is 0 Å². The fourth-order valence-corrected chi connectivity index (χ4v) is 1.81. The maximum absolute atomic E-state index is 12.2. The van der Waals surface area contributed by atoms with E-state index in [0.717, 1.165) is 11.1 Å². The van der Waals surface area contributed by atoms with Gasteiger partial charge in [-0.25, -0.2) is 4.79 Å². The van der Waals surface area contributed by atoms with Gasteiger partial charge in [0.05, 0.1) is 5.57 Å². The highest BCUT2D eigenvalue weighted by Gasteiger charge is 2.12. The molecule has 0 fully saturated rings. The van der Waals surface area contributed by atoms with Gasteiger partial charge in [0.2, 0.25) is 0 Å². The molecule has 2 rings (SSSR count). The van der Waals surface area contributed by atoms with Gasteiger partial charge in [-0.05, 0) is 17.2 Å². The summed E-state index contributed by atoms with van der Waals surface area (Å²) in [6, 6.07) is 19.2. The molecule has 0 radical (unpaired) electrons. The first-order valence-corrected chi connectivity index (χ1v) is 6.41. The molecule has 0 heterocycles. The molecule has 100 valence electrons. The van der Waals surface area contributed by atoms with E-state index in [1.54, 1.807) is 6.08 Å². The molecule has 0 aliphatic rings. The second-order valence-electron chi connectivity index (χ2n) is 4.22. The number of esters is 1. The van der Waals surface area contributed by atoms with Crippen LogP contribution in [-0.4, -0.2) is 12.6 Å². The Labute approximate surface area is 119 Å². The van der Waals surface area contributed by atoms with E-state index in [9.17, 15) is 4.79 Å². The molecule has 0 saturated heterocycles. The maximum atomic E-state index is 12.2. The summed E-state index contributed by atoms with van der Waals surface area (Å²) in [5.74, 6) is -0.347. The van der Waals surface area contributed by atoms with E-state index < -0.39 is 0 Å². The van der Waals surface area contributed by atoms with Crippen LogP contribution in [0.2, 0.25) is 0 Å². The van der Waals surface area contributed by atoms with Gasteiger partial charge in [0.15, 0.2) is 0 Å². The SMILES string of the molecule is C=CCOC(=O)/C(=C\c1ccccc1)c1ccccc1. The Balaban J connectivity index is 2.37. The Morgan fingerprint density at radius 3 is 2.20 bits per heavy atom. The minimum Gasteiger partial charge on any atom is -0.458 e. The van der Waals surface area contributed by atoms with E-state index in [1.807, 2.05) is 66.7 Å². The van der Waals surface area contributed by atoms with E-state index in [-0.39, 0.29) is 12.6 Å². The van der Waals surface area contributed by atoms with Gasteiger partial charge in [-0.15, -0.1) is 0 Å². The van der Waals surface area contributed by atoms with Crippen molar-refractivity contribution in [3.05, 3.63) is 84.4 Å². The quantitative estimate of drug-likeness (QED) is 0.354. The molecule has 2 nitrogen and oxygen atoms in total. The number of hydrogen-bond donors (Lipinski definition) is 0. The second kappa shape index (κ2) is 7.10. The number of carbonyl (C=O) groups is 1. The Hall–Kier alpha value is -2.61. The van der Waals surface area contributed by atoms with Crippen LogP contribution in [0.5, 0.6) is 0 Å². The van der Waals surface area contributed by atoms with Crippen LogP contribution < -0.4 is 0 Å². The van der Waals surface area contributed by atoms with Crippen molar-refractivity contribution >= 4 is 17.6 Å². The zero-order valence-corrected chi connectivity index (χ0v) is 11.2. The Morgan fingerprint density at radius 2 is 1.60 bits per heavy atom. The summed E-state index contributed by atoms with van der Waals surface area (Å²) < 4.78 is 5.15. The number of rotatable bonds is 5. The normalized spacial score (nSPS) is 10.9. The molecule has 0 spiro atoms. The number of benzene rings is 2. The molecule has 2 aromatic rings.